The molecule has 1 aromatic rings. The van der Waals surface area contributed by atoms with Gasteiger partial charge in [0.05, 0.1) is 0 Å². The average molecular weight is 292 g/mol. The molecule has 1 fully saturated rings. The third-order valence-corrected chi connectivity index (χ3v) is 4.89. The third kappa shape index (κ3) is 4.04. The van der Waals surface area contributed by atoms with E-state index in [-0.39, 0.29) is 11.9 Å². The van der Waals surface area contributed by atoms with E-state index in [2.05, 4.69) is 24.1 Å². The first-order chi connectivity index (χ1) is 10.2. The van der Waals surface area contributed by atoms with Crippen LogP contribution in [0.3, 0.4) is 0 Å². The van der Waals surface area contributed by atoms with E-state index >= 15 is 0 Å². The van der Waals surface area contributed by atoms with Crippen molar-refractivity contribution in [2.45, 2.75) is 51.6 Å². The van der Waals surface area contributed by atoms with Gasteiger partial charge in [0.2, 0.25) is 0 Å². The van der Waals surface area contributed by atoms with E-state index in [1.165, 1.54) is 25.7 Å². The molecule has 1 aliphatic rings. The van der Waals surface area contributed by atoms with Crippen molar-refractivity contribution in [2.75, 3.05) is 20.1 Å². The quantitative estimate of drug-likeness (QED) is 0.817. The molecule has 1 aliphatic carbocycles. The topological polar surface area (TPSA) is 15.3 Å². The van der Waals surface area contributed by atoms with Gasteiger partial charge in [-0.3, -0.25) is 0 Å². The molecule has 1 saturated carbocycles. The minimum atomic E-state index is -0.104. The predicted octanol–water partition coefficient (Wildman–Crippen LogP) is 3.99. The molecule has 0 amide bonds. The van der Waals surface area contributed by atoms with Gasteiger partial charge in [0.15, 0.2) is 0 Å². The van der Waals surface area contributed by atoms with Gasteiger partial charge in [-0.15, -0.1) is 0 Å². The smallest absolute Gasteiger partial charge is 0.127 e. The standard InChI is InChI=1S/C18H29FN2/c1-4-21(15-9-5-6-10-15)13-14(2)18(20-3)16-11-7-8-12-17(16)19/h7-8,11-12,14-15,18,20H,4-6,9-10,13H2,1-3H3. The highest BCUT2D eigenvalue weighted by atomic mass is 19.1. The van der Waals surface area contributed by atoms with E-state index in [0.29, 0.717) is 5.92 Å². The monoisotopic (exact) mass is 292 g/mol. The molecule has 1 aromatic carbocycles. The van der Waals surface area contributed by atoms with Gasteiger partial charge in [0.1, 0.15) is 5.82 Å². The molecule has 2 rings (SSSR count). The lowest BCUT2D eigenvalue weighted by Crippen LogP contribution is -2.40. The van der Waals surface area contributed by atoms with Gasteiger partial charge in [-0.05, 0) is 38.4 Å². The second-order valence-corrected chi connectivity index (χ2v) is 6.29. The summed E-state index contributed by atoms with van der Waals surface area (Å²) >= 11 is 0. The average Bonchev–Trinajstić information content (AvgIpc) is 3.01. The number of nitrogens with zero attached hydrogens (tertiary/aromatic N) is 1. The van der Waals surface area contributed by atoms with Crippen LogP contribution in [0.1, 0.15) is 51.1 Å². The lowest BCUT2D eigenvalue weighted by Gasteiger charge is -2.33. The zero-order valence-corrected chi connectivity index (χ0v) is 13.6. The van der Waals surface area contributed by atoms with Crippen LogP contribution in [0.5, 0.6) is 0 Å². The first-order valence-electron chi connectivity index (χ1n) is 8.33. The first kappa shape index (κ1) is 16.4. The molecule has 0 radical (unpaired) electrons. The Kier molecular flexibility index (Phi) is 6.19. The molecule has 2 nitrogen and oxygen atoms in total. The molecule has 0 saturated heterocycles. The van der Waals surface area contributed by atoms with Crippen LogP contribution in [-0.4, -0.2) is 31.1 Å². The molecule has 21 heavy (non-hydrogen) atoms. The van der Waals surface area contributed by atoms with E-state index in [1.807, 2.05) is 19.2 Å². The summed E-state index contributed by atoms with van der Waals surface area (Å²) in [5, 5.41) is 3.31. The van der Waals surface area contributed by atoms with Gasteiger partial charge in [-0.25, -0.2) is 4.39 Å². The molecule has 0 aliphatic heterocycles. The van der Waals surface area contributed by atoms with Crippen LogP contribution in [0.15, 0.2) is 24.3 Å². The van der Waals surface area contributed by atoms with Crippen LogP contribution in [0.4, 0.5) is 4.39 Å². The third-order valence-electron chi connectivity index (χ3n) is 4.89. The summed E-state index contributed by atoms with van der Waals surface area (Å²) < 4.78 is 14.1. The Hall–Kier alpha value is -0.930. The van der Waals surface area contributed by atoms with E-state index in [0.717, 1.165) is 24.7 Å². The lowest BCUT2D eigenvalue weighted by atomic mass is 9.93. The zero-order valence-electron chi connectivity index (χ0n) is 13.6. The number of hydrogen-bond donors (Lipinski definition) is 1. The van der Waals surface area contributed by atoms with Crippen molar-refractivity contribution in [1.82, 2.24) is 10.2 Å². The summed E-state index contributed by atoms with van der Waals surface area (Å²) in [6.45, 7) is 6.58. The van der Waals surface area contributed by atoms with Crippen LogP contribution in [0.25, 0.3) is 0 Å². The summed E-state index contributed by atoms with van der Waals surface area (Å²) in [7, 11) is 1.93. The highest BCUT2D eigenvalue weighted by Crippen LogP contribution is 2.28. The van der Waals surface area contributed by atoms with Gasteiger partial charge < -0.3 is 10.2 Å². The molecule has 0 bridgehead atoms. The summed E-state index contributed by atoms with van der Waals surface area (Å²) in [4.78, 5) is 2.59. The molecule has 0 heterocycles. The summed E-state index contributed by atoms with van der Waals surface area (Å²) in [6, 6.07) is 7.94. The van der Waals surface area contributed by atoms with E-state index in [9.17, 15) is 4.39 Å². The fraction of sp³-hybridized carbons (Fsp3) is 0.667. The summed E-state index contributed by atoms with van der Waals surface area (Å²) in [5.41, 5.74) is 0.787. The van der Waals surface area contributed by atoms with Gasteiger partial charge in [0.25, 0.3) is 0 Å². The zero-order chi connectivity index (χ0) is 15.2. The maximum Gasteiger partial charge on any atom is 0.127 e. The van der Waals surface area contributed by atoms with E-state index in [1.54, 1.807) is 12.1 Å². The highest BCUT2D eigenvalue weighted by Gasteiger charge is 2.26. The highest BCUT2D eigenvalue weighted by molar-refractivity contribution is 5.21. The molecule has 3 heteroatoms. The van der Waals surface area contributed by atoms with Crippen molar-refractivity contribution in [3.05, 3.63) is 35.6 Å². The van der Waals surface area contributed by atoms with Crippen LogP contribution in [-0.2, 0) is 0 Å². The maximum absolute atomic E-state index is 14.1. The fourth-order valence-electron chi connectivity index (χ4n) is 3.75. The van der Waals surface area contributed by atoms with Crippen molar-refractivity contribution in [3.63, 3.8) is 0 Å². The molecule has 1 N–H and O–H groups in total. The second kappa shape index (κ2) is 7.90. The van der Waals surface area contributed by atoms with Gasteiger partial charge in [-0.2, -0.15) is 0 Å². The van der Waals surface area contributed by atoms with Crippen LogP contribution in [0, 0.1) is 11.7 Å². The Morgan fingerprint density at radius 2 is 1.95 bits per heavy atom. The van der Waals surface area contributed by atoms with Crippen LogP contribution in [0.2, 0.25) is 0 Å². The van der Waals surface area contributed by atoms with Crippen LogP contribution < -0.4 is 5.32 Å². The second-order valence-electron chi connectivity index (χ2n) is 6.29. The molecule has 0 spiro atoms. The maximum atomic E-state index is 14.1. The first-order valence-corrected chi connectivity index (χ1v) is 8.33. The van der Waals surface area contributed by atoms with Crippen molar-refractivity contribution < 1.29 is 4.39 Å². The van der Waals surface area contributed by atoms with Crippen molar-refractivity contribution in [2.24, 2.45) is 5.92 Å². The molecule has 2 unspecified atom stereocenters. The molecular formula is C18H29FN2. The molecular weight excluding hydrogens is 263 g/mol. The summed E-state index contributed by atoms with van der Waals surface area (Å²) in [6.07, 6.45) is 5.37. The number of hydrogen-bond acceptors (Lipinski definition) is 2. The summed E-state index contributed by atoms with van der Waals surface area (Å²) in [5.74, 6) is 0.278. The molecule has 2 atom stereocenters. The Bertz CT molecular complexity index is 429. The van der Waals surface area contributed by atoms with Crippen molar-refractivity contribution >= 4 is 0 Å². The van der Waals surface area contributed by atoms with E-state index < -0.39 is 0 Å². The minimum Gasteiger partial charge on any atom is -0.313 e. The Labute approximate surface area is 128 Å². The Morgan fingerprint density at radius 1 is 1.29 bits per heavy atom. The van der Waals surface area contributed by atoms with Gasteiger partial charge in [0, 0.05) is 24.2 Å². The molecule has 118 valence electrons. The number of halogens is 1. The largest absolute Gasteiger partial charge is 0.313 e. The Balaban J connectivity index is 2.05. The number of nitrogens with one attached hydrogen (secondary N) is 1. The van der Waals surface area contributed by atoms with Crippen LogP contribution >= 0.6 is 0 Å². The predicted molar refractivity (Wildman–Crippen MR) is 86.9 cm³/mol. The van der Waals surface area contributed by atoms with Gasteiger partial charge in [-0.1, -0.05) is 44.9 Å². The lowest BCUT2D eigenvalue weighted by molar-refractivity contribution is 0.165. The SMILES string of the molecule is CCN(CC(C)C(NC)c1ccccc1F)C1CCCC1. The fourth-order valence-corrected chi connectivity index (χ4v) is 3.75. The number of rotatable bonds is 7. The van der Waals surface area contributed by atoms with E-state index in [4.69, 9.17) is 0 Å². The minimum absolute atomic E-state index is 0.0710. The Morgan fingerprint density at radius 3 is 2.52 bits per heavy atom. The van der Waals surface area contributed by atoms with Crippen molar-refractivity contribution in [1.29, 1.82) is 0 Å². The molecule has 0 aromatic heterocycles. The number of benzene rings is 1. The normalized spacial score (nSPS) is 19.1. The van der Waals surface area contributed by atoms with Crippen molar-refractivity contribution in [3.8, 4) is 0 Å². The van der Waals surface area contributed by atoms with Gasteiger partial charge >= 0.3 is 0 Å².